The Morgan fingerprint density at radius 1 is 0.923 bits per heavy atom. The van der Waals surface area contributed by atoms with Gasteiger partial charge < -0.3 is 15.4 Å². The maximum atomic E-state index is 5.21. The number of anilines is 3. The summed E-state index contributed by atoms with van der Waals surface area (Å²) in [6.45, 7) is 0. The number of hydrogen-bond donors (Lipinski definition) is 2. The molecule has 0 aliphatic heterocycles. The molecule has 4 saturated carbocycles. The zero-order valence-electron chi connectivity index (χ0n) is 15.2. The summed E-state index contributed by atoms with van der Waals surface area (Å²) >= 11 is 0. The monoisotopic (exact) mass is 350 g/mol. The highest BCUT2D eigenvalue weighted by atomic mass is 16.5. The molecule has 0 atom stereocenters. The summed E-state index contributed by atoms with van der Waals surface area (Å²) in [5, 5.41) is 7.18. The topological polar surface area (TPSA) is 59.1 Å². The highest BCUT2D eigenvalue weighted by Gasteiger charge is 2.51. The van der Waals surface area contributed by atoms with E-state index >= 15 is 0 Å². The molecule has 2 N–H and O–H groups in total. The lowest BCUT2D eigenvalue weighted by Gasteiger charge is -2.57. The minimum Gasteiger partial charge on any atom is -0.497 e. The summed E-state index contributed by atoms with van der Waals surface area (Å²) in [6.07, 6.45) is 9.94. The van der Waals surface area contributed by atoms with E-state index in [0.717, 1.165) is 40.8 Å². The van der Waals surface area contributed by atoms with Crippen molar-refractivity contribution in [3.63, 3.8) is 0 Å². The average molecular weight is 350 g/mol. The van der Waals surface area contributed by atoms with Gasteiger partial charge in [0.2, 0.25) is 0 Å². The molecule has 0 radical (unpaired) electrons. The minimum atomic E-state index is 0.264. The summed E-state index contributed by atoms with van der Waals surface area (Å²) in [5.74, 6) is 5.38. The Kier molecular flexibility index (Phi) is 3.76. The maximum Gasteiger partial charge on any atom is 0.135 e. The van der Waals surface area contributed by atoms with Gasteiger partial charge in [-0.15, -0.1) is 0 Å². The lowest BCUT2D eigenvalue weighted by Crippen LogP contribution is -2.54. The van der Waals surface area contributed by atoms with Crippen LogP contribution in [0.1, 0.15) is 38.5 Å². The number of aromatic nitrogens is 2. The molecular formula is C21H26N4O. The Hall–Kier alpha value is -2.30. The van der Waals surface area contributed by atoms with Crippen LogP contribution in [0.3, 0.4) is 0 Å². The quantitative estimate of drug-likeness (QED) is 0.825. The minimum absolute atomic E-state index is 0.264. The van der Waals surface area contributed by atoms with Crippen molar-refractivity contribution in [1.82, 2.24) is 9.97 Å². The zero-order valence-corrected chi connectivity index (χ0v) is 15.2. The summed E-state index contributed by atoms with van der Waals surface area (Å²) in [6, 6.07) is 9.90. The van der Waals surface area contributed by atoms with Crippen LogP contribution >= 0.6 is 0 Å². The molecule has 4 aliphatic rings. The summed E-state index contributed by atoms with van der Waals surface area (Å²) in [7, 11) is 1.68. The van der Waals surface area contributed by atoms with Gasteiger partial charge in [0.1, 0.15) is 23.7 Å². The van der Waals surface area contributed by atoms with E-state index in [1.807, 2.05) is 30.3 Å². The predicted octanol–water partition coefficient (Wildman–Crippen LogP) is 4.61. The number of nitrogens with zero attached hydrogens (tertiary/aromatic N) is 2. The van der Waals surface area contributed by atoms with E-state index in [1.54, 1.807) is 13.4 Å². The molecule has 5 nitrogen and oxygen atoms in total. The second kappa shape index (κ2) is 6.15. The molecule has 4 aliphatic carbocycles. The van der Waals surface area contributed by atoms with E-state index in [-0.39, 0.29) is 5.54 Å². The van der Waals surface area contributed by atoms with Gasteiger partial charge in [0.15, 0.2) is 0 Å². The zero-order chi connectivity index (χ0) is 17.6. The van der Waals surface area contributed by atoms with E-state index in [4.69, 9.17) is 4.74 Å². The lowest BCUT2D eigenvalue weighted by atomic mass is 9.53. The number of methoxy groups -OCH3 is 1. The fraction of sp³-hybridized carbons (Fsp3) is 0.524. The molecule has 0 unspecified atom stereocenters. The number of hydrogen-bond acceptors (Lipinski definition) is 5. The van der Waals surface area contributed by atoms with Gasteiger partial charge in [-0.2, -0.15) is 0 Å². The molecule has 6 rings (SSSR count). The Balaban J connectivity index is 1.32. The molecule has 4 fully saturated rings. The van der Waals surface area contributed by atoms with Crippen LogP contribution in [0.5, 0.6) is 5.75 Å². The van der Waals surface area contributed by atoms with E-state index in [9.17, 15) is 0 Å². The van der Waals surface area contributed by atoms with Crippen molar-refractivity contribution >= 4 is 17.3 Å². The van der Waals surface area contributed by atoms with Crippen molar-refractivity contribution in [2.75, 3.05) is 17.7 Å². The highest BCUT2D eigenvalue weighted by Crippen LogP contribution is 2.56. The van der Waals surface area contributed by atoms with Crippen LogP contribution in [-0.2, 0) is 0 Å². The Morgan fingerprint density at radius 2 is 1.54 bits per heavy atom. The first-order valence-electron chi connectivity index (χ1n) is 9.71. The normalized spacial score (nSPS) is 31.7. The lowest BCUT2D eigenvalue weighted by molar-refractivity contribution is 0.0105. The van der Waals surface area contributed by atoms with E-state index in [1.165, 1.54) is 38.5 Å². The number of benzene rings is 1. The molecule has 1 aromatic carbocycles. The summed E-state index contributed by atoms with van der Waals surface area (Å²) in [5.41, 5.74) is 1.26. The largest absolute Gasteiger partial charge is 0.497 e. The van der Waals surface area contributed by atoms with Gasteiger partial charge in [-0.05, 0) is 80.5 Å². The van der Waals surface area contributed by atoms with Crippen molar-refractivity contribution in [2.24, 2.45) is 17.8 Å². The molecule has 0 amide bonds. The first-order chi connectivity index (χ1) is 12.7. The molecule has 5 heteroatoms. The van der Waals surface area contributed by atoms with Gasteiger partial charge in [-0.25, -0.2) is 9.97 Å². The third-order valence-corrected chi connectivity index (χ3v) is 6.46. The van der Waals surface area contributed by atoms with Gasteiger partial charge >= 0.3 is 0 Å². The smallest absolute Gasteiger partial charge is 0.135 e. The van der Waals surface area contributed by atoms with Gasteiger partial charge in [0, 0.05) is 17.3 Å². The number of rotatable bonds is 5. The van der Waals surface area contributed by atoms with Crippen molar-refractivity contribution in [3.8, 4) is 5.75 Å². The third-order valence-electron chi connectivity index (χ3n) is 6.46. The molecular weight excluding hydrogens is 324 g/mol. The van der Waals surface area contributed by atoms with Gasteiger partial charge in [-0.3, -0.25) is 0 Å². The van der Waals surface area contributed by atoms with Crippen LogP contribution in [-0.4, -0.2) is 22.6 Å². The highest BCUT2D eigenvalue weighted by molar-refractivity contribution is 5.60. The van der Waals surface area contributed by atoms with Gasteiger partial charge in [0.05, 0.1) is 7.11 Å². The van der Waals surface area contributed by atoms with Crippen molar-refractivity contribution in [2.45, 2.75) is 44.1 Å². The molecule has 1 heterocycles. The third kappa shape index (κ3) is 3.00. The number of ether oxygens (including phenoxy) is 1. The maximum absolute atomic E-state index is 5.21. The van der Waals surface area contributed by atoms with E-state index in [2.05, 4.69) is 20.6 Å². The van der Waals surface area contributed by atoms with Gasteiger partial charge in [-0.1, -0.05) is 0 Å². The Bertz CT molecular complexity index is 754. The van der Waals surface area contributed by atoms with Crippen molar-refractivity contribution < 1.29 is 4.74 Å². The SMILES string of the molecule is COc1ccc(Nc2cc(NC34CC5CC(CC(C5)C3)C4)ncn2)cc1. The van der Waals surface area contributed by atoms with Crippen LogP contribution in [0.2, 0.25) is 0 Å². The van der Waals surface area contributed by atoms with Crippen molar-refractivity contribution in [3.05, 3.63) is 36.7 Å². The molecule has 2 aromatic rings. The molecule has 26 heavy (non-hydrogen) atoms. The molecule has 4 bridgehead atoms. The van der Waals surface area contributed by atoms with Crippen molar-refractivity contribution in [1.29, 1.82) is 0 Å². The molecule has 136 valence electrons. The second-order valence-corrected chi connectivity index (χ2v) is 8.46. The fourth-order valence-corrected chi connectivity index (χ4v) is 5.85. The molecule has 1 aromatic heterocycles. The van der Waals surface area contributed by atoms with Crippen LogP contribution in [0.25, 0.3) is 0 Å². The predicted molar refractivity (Wildman–Crippen MR) is 103 cm³/mol. The first-order valence-corrected chi connectivity index (χ1v) is 9.71. The summed E-state index contributed by atoms with van der Waals surface area (Å²) in [4.78, 5) is 8.88. The van der Waals surface area contributed by atoms with Gasteiger partial charge in [0.25, 0.3) is 0 Å². The Morgan fingerprint density at radius 3 is 2.15 bits per heavy atom. The average Bonchev–Trinajstić information content (AvgIpc) is 2.61. The van der Waals surface area contributed by atoms with E-state index < -0.39 is 0 Å². The van der Waals surface area contributed by atoms with Crippen LogP contribution in [0.4, 0.5) is 17.3 Å². The Labute approximate surface area is 154 Å². The summed E-state index contributed by atoms with van der Waals surface area (Å²) < 4.78 is 5.21. The molecule has 0 spiro atoms. The van der Waals surface area contributed by atoms with E-state index in [0.29, 0.717) is 0 Å². The first kappa shape index (κ1) is 15.9. The van der Waals surface area contributed by atoms with Crippen LogP contribution in [0.15, 0.2) is 36.7 Å². The second-order valence-electron chi connectivity index (χ2n) is 8.46. The standard InChI is InChI=1S/C21H26N4O/c1-26-18-4-2-17(3-5-18)24-19-9-20(23-13-22-19)25-21-10-14-6-15(11-21)8-16(7-14)12-21/h2-5,9,13-16H,6-8,10-12H2,1H3,(H2,22,23,24,25). The number of nitrogens with one attached hydrogen (secondary N) is 2. The fourth-order valence-electron chi connectivity index (χ4n) is 5.85. The van der Waals surface area contributed by atoms with Crippen LogP contribution < -0.4 is 15.4 Å². The van der Waals surface area contributed by atoms with Crippen LogP contribution in [0, 0.1) is 17.8 Å². The molecule has 0 saturated heterocycles.